The predicted molar refractivity (Wildman–Crippen MR) is 84.3 cm³/mol. The van der Waals surface area contributed by atoms with E-state index in [1.165, 1.54) is 0 Å². The zero-order valence-corrected chi connectivity index (χ0v) is 13.2. The second-order valence-electron chi connectivity index (χ2n) is 6.29. The van der Waals surface area contributed by atoms with Crippen LogP contribution in [0.5, 0.6) is 11.6 Å². The fourth-order valence-corrected chi connectivity index (χ4v) is 2.10. The minimum atomic E-state index is -0.545. The molecule has 0 unspecified atom stereocenters. The fraction of sp³-hybridized carbons (Fsp3) is 0.375. The normalized spacial score (nSPS) is 19.2. The van der Waals surface area contributed by atoms with Crippen LogP contribution in [0, 0.1) is 0 Å². The molecule has 1 aliphatic rings. The van der Waals surface area contributed by atoms with Gasteiger partial charge in [0, 0.05) is 6.20 Å². The Labute approximate surface area is 130 Å². The lowest BCUT2D eigenvalue weighted by molar-refractivity contribution is 0.00578. The van der Waals surface area contributed by atoms with Crippen LogP contribution in [0.15, 0.2) is 42.7 Å². The molecule has 0 N–H and O–H groups in total. The number of nitrogens with zero attached hydrogens (tertiary/aromatic N) is 2. The van der Waals surface area contributed by atoms with Gasteiger partial charge >= 0.3 is 7.12 Å². The molecule has 114 valence electrons. The monoisotopic (exact) mass is 298 g/mol. The van der Waals surface area contributed by atoms with Gasteiger partial charge in [-0.15, -0.1) is 0 Å². The van der Waals surface area contributed by atoms with Crippen LogP contribution in [0.3, 0.4) is 0 Å². The van der Waals surface area contributed by atoms with Crippen molar-refractivity contribution >= 4 is 12.7 Å². The van der Waals surface area contributed by atoms with Crippen LogP contribution in [0.4, 0.5) is 0 Å². The minimum Gasteiger partial charge on any atom is -0.438 e. The number of rotatable bonds is 3. The SMILES string of the molecule is CC1(C)OB(c2cncc(Oc3ccccc3)n2)OC1(C)C. The van der Waals surface area contributed by atoms with Crippen LogP contribution in [-0.4, -0.2) is 28.3 Å². The van der Waals surface area contributed by atoms with E-state index in [1.54, 1.807) is 12.4 Å². The molecule has 22 heavy (non-hydrogen) atoms. The number of para-hydroxylation sites is 1. The number of aromatic nitrogens is 2. The van der Waals surface area contributed by atoms with Crippen molar-refractivity contribution in [1.82, 2.24) is 9.97 Å². The van der Waals surface area contributed by atoms with Gasteiger partial charge in [0.2, 0.25) is 5.88 Å². The molecular formula is C16H19BN2O3. The summed E-state index contributed by atoms with van der Waals surface area (Å²) in [7, 11) is -0.545. The van der Waals surface area contributed by atoms with Crippen LogP contribution >= 0.6 is 0 Å². The summed E-state index contributed by atoms with van der Waals surface area (Å²) in [5.41, 5.74) is -0.210. The van der Waals surface area contributed by atoms with E-state index in [-0.39, 0.29) is 0 Å². The van der Waals surface area contributed by atoms with E-state index >= 15 is 0 Å². The lowest BCUT2D eigenvalue weighted by Gasteiger charge is -2.32. The van der Waals surface area contributed by atoms with Crippen LogP contribution in [0.1, 0.15) is 27.7 Å². The fourth-order valence-electron chi connectivity index (χ4n) is 2.10. The van der Waals surface area contributed by atoms with E-state index in [4.69, 9.17) is 14.0 Å². The van der Waals surface area contributed by atoms with Crippen molar-refractivity contribution in [3.8, 4) is 11.6 Å². The predicted octanol–water partition coefficient (Wildman–Crippen LogP) is 2.57. The van der Waals surface area contributed by atoms with E-state index in [9.17, 15) is 0 Å². The van der Waals surface area contributed by atoms with Crippen molar-refractivity contribution in [1.29, 1.82) is 0 Å². The maximum absolute atomic E-state index is 5.98. The Kier molecular flexibility index (Phi) is 3.66. The van der Waals surface area contributed by atoms with Gasteiger partial charge in [-0.05, 0) is 39.8 Å². The first kappa shape index (κ1) is 15.0. The molecule has 0 aliphatic carbocycles. The quantitative estimate of drug-likeness (QED) is 0.815. The highest BCUT2D eigenvalue weighted by molar-refractivity contribution is 6.61. The largest absolute Gasteiger partial charge is 0.516 e. The summed E-state index contributed by atoms with van der Waals surface area (Å²) < 4.78 is 17.6. The smallest absolute Gasteiger partial charge is 0.438 e. The van der Waals surface area contributed by atoms with Crippen molar-refractivity contribution in [3.05, 3.63) is 42.7 Å². The van der Waals surface area contributed by atoms with E-state index in [0.717, 1.165) is 0 Å². The topological polar surface area (TPSA) is 53.5 Å². The number of ether oxygens (including phenoxy) is 1. The summed E-state index contributed by atoms with van der Waals surface area (Å²) in [4.78, 5) is 8.62. The molecule has 2 aromatic rings. The molecule has 0 radical (unpaired) electrons. The zero-order valence-electron chi connectivity index (χ0n) is 13.2. The lowest BCUT2D eigenvalue weighted by atomic mass is 9.85. The van der Waals surface area contributed by atoms with Crippen molar-refractivity contribution in [2.45, 2.75) is 38.9 Å². The van der Waals surface area contributed by atoms with Crippen molar-refractivity contribution in [2.24, 2.45) is 0 Å². The first-order valence-electron chi connectivity index (χ1n) is 7.28. The Morgan fingerprint density at radius 2 is 1.59 bits per heavy atom. The third-order valence-corrected chi connectivity index (χ3v) is 4.09. The number of hydrogen-bond acceptors (Lipinski definition) is 5. The molecule has 2 heterocycles. The van der Waals surface area contributed by atoms with Gasteiger partial charge in [-0.25, -0.2) is 4.98 Å². The average molecular weight is 298 g/mol. The summed E-state index contributed by atoms with van der Waals surface area (Å²) in [5, 5.41) is 0. The van der Waals surface area contributed by atoms with E-state index in [1.807, 2.05) is 58.0 Å². The zero-order chi connectivity index (χ0) is 15.8. The average Bonchev–Trinajstić information content (AvgIpc) is 2.69. The maximum Gasteiger partial charge on any atom is 0.516 e. The summed E-state index contributed by atoms with van der Waals surface area (Å²) in [6.45, 7) is 8.02. The Balaban J connectivity index is 1.81. The highest BCUT2D eigenvalue weighted by atomic mass is 16.7. The molecule has 0 saturated carbocycles. The van der Waals surface area contributed by atoms with Gasteiger partial charge in [0.15, 0.2) is 0 Å². The molecule has 1 saturated heterocycles. The second-order valence-corrected chi connectivity index (χ2v) is 6.29. The second kappa shape index (κ2) is 5.37. The van der Waals surface area contributed by atoms with E-state index in [0.29, 0.717) is 17.2 Å². The van der Waals surface area contributed by atoms with E-state index in [2.05, 4.69) is 9.97 Å². The number of hydrogen-bond donors (Lipinski definition) is 0. The van der Waals surface area contributed by atoms with Crippen LogP contribution in [0.25, 0.3) is 0 Å². The molecule has 0 atom stereocenters. The summed E-state index contributed by atoms with van der Waals surface area (Å²) >= 11 is 0. The van der Waals surface area contributed by atoms with Gasteiger partial charge in [0.05, 0.1) is 23.0 Å². The standard InChI is InChI=1S/C16H19BN2O3/c1-15(2)16(3,4)22-17(21-15)13-10-18-11-14(19-13)20-12-8-6-5-7-9-12/h5-11H,1-4H3. The van der Waals surface area contributed by atoms with Crippen LogP contribution in [-0.2, 0) is 9.31 Å². The maximum atomic E-state index is 5.98. The van der Waals surface area contributed by atoms with Crippen molar-refractivity contribution in [3.63, 3.8) is 0 Å². The molecule has 1 aromatic heterocycles. The highest BCUT2D eigenvalue weighted by Gasteiger charge is 2.52. The molecule has 0 amide bonds. The van der Waals surface area contributed by atoms with Gasteiger partial charge in [0.1, 0.15) is 5.75 Å². The van der Waals surface area contributed by atoms with Crippen LogP contribution in [0.2, 0.25) is 0 Å². The van der Waals surface area contributed by atoms with Crippen molar-refractivity contribution in [2.75, 3.05) is 0 Å². The Hall–Kier alpha value is -1.92. The van der Waals surface area contributed by atoms with Gasteiger partial charge < -0.3 is 14.0 Å². The van der Waals surface area contributed by atoms with E-state index < -0.39 is 18.3 Å². The van der Waals surface area contributed by atoms with Gasteiger partial charge in [0.25, 0.3) is 0 Å². The Morgan fingerprint density at radius 3 is 2.23 bits per heavy atom. The molecule has 1 fully saturated rings. The summed E-state index contributed by atoms with van der Waals surface area (Å²) in [6.07, 6.45) is 3.21. The summed E-state index contributed by atoms with van der Waals surface area (Å²) in [5.74, 6) is 1.13. The molecule has 1 aliphatic heterocycles. The Bertz CT molecular complexity index is 645. The first-order chi connectivity index (χ1) is 10.4. The molecule has 3 rings (SSSR count). The summed E-state index contributed by atoms with van der Waals surface area (Å²) in [6, 6.07) is 9.47. The third-order valence-electron chi connectivity index (χ3n) is 4.09. The molecule has 0 spiro atoms. The molecule has 5 nitrogen and oxygen atoms in total. The van der Waals surface area contributed by atoms with Gasteiger partial charge in [-0.1, -0.05) is 18.2 Å². The molecular weight excluding hydrogens is 279 g/mol. The third kappa shape index (κ3) is 2.84. The van der Waals surface area contributed by atoms with Crippen LogP contribution < -0.4 is 10.3 Å². The minimum absolute atomic E-state index is 0.407. The molecule has 0 bridgehead atoms. The Morgan fingerprint density at radius 1 is 0.955 bits per heavy atom. The highest BCUT2D eigenvalue weighted by Crippen LogP contribution is 2.36. The molecule has 1 aromatic carbocycles. The van der Waals surface area contributed by atoms with Gasteiger partial charge in [-0.3, -0.25) is 4.98 Å². The lowest BCUT2D eigenvalue weighted by Crippen LogP contribution is -2.41. The number of benzene rings is 1. The first-order valence-corrected chi connectivity index (χ1v) is 7.28. The van der Waals surface area contributed by atoms with Crippen molar-refractivity contribution < 1.29 is 14.0 Å². The molecule has 6 heteroatoms. The van der Waals surface area contributed by atoms with Gasteiger partial charge in [-0.2, -0.15) is 0 Å².